The van der Waals surface area contributed by atoms with Crippen LogP contribution in [0, 0.1) is 0 Å². The van der Waals surface area contributed by atoms with Crippen LogP contribution < -0.4 is 4.74 Å². The molecule has 2 aromatic rings. The number of methoxy groups -OCH3 is 1. The van der Waals surface area contributed by atoms with Crippen molar-refractivity contribution in [1.82, 2.24) is 4.98 Å². The standard InChI is InChI=1S/C10H9NOS2/c1-12-8-2-4-9(5-3-8)14-10-6-11-7-13-10/h2-7H,1H3. The summed E-state index contributed by atoms with van der Waals surface area (Å²) >= 11 is 3.36. The normalized spacial score (nSPS) is 10.1. The Hall–Kier alpha value is -1.00. The van der Waals surface area contributed by atoms with E-state index in [1.807, 2.05) is 36.0 Å². The lowest BCUT2D eigenvalue weighted by molar-refractivity contribution is 0.414. The van der Waals surface area contributed by atoms with Crippen LogP contribution in [0.2, 0.25) is 0 Å². The van der Waals surface area contributed by atoms with Crippen LogP contribution in [0.5, 0.6) is 5.75 Å². The third-order valence-electron chi connectivity index (χ3n) is 1.69. The van der Waals surface area contributed by atoms with Crippen LogP contribution in [0.15, 0.2) is 45.1 Å². The Bertz CT molecular complexity index is 383. The van der Waals surface area contributed by atoms with Gasteiger partial charge in [-0.1, -0.05) is 11.8 Å². The quantitative estimate of drug-likeness (QED) is 0.797. The summed E-state index contributed by atoms with van der Waals surface area (Å²) in [7, 11) is 1.67. The third-order valence-corrected chi connectivity index (χ3v) is 3.61. The summed E-state index contributed by atoms with van der Waals surface area (Å²) in [6.07, 6.45) is 1.87. The van der Waals surface area contributed by atoms with Gasteiger partial charge >= 0.3 is 0 Å². The second kappa shape index (κ2) is 4.48. The van der Waals surface area contributed by atoms with Gasteiger partial charge in [-0.25, -0.2) is 0 Å². The highest BCUT2D eigenvalue weighted by molar-refractivity contribution is 8.01. The van der Waals surface area contributed by atoms with E-state index in [-0.39, 0.29) is 0 Å². The molecule has 14 heavy (non-hydrogen) atoms. The number of thiazole rings is 1. The van der Waals surface area contributed by atoms with Crippen molar-refractivity contribution < 1.29 is 4.74 Å². The Labute approximate surface area is 91.0 Å². The number of ether oxygens (including phenoxy) is 1. The van der Waals surface area contributed by atoms with E-state index < -0.39 is 0 Å². The first kappa shape index (κ1) is 9.55. The Morgan fingerprint density at radius 2 is 2.07 bits per heavy atom. The highest BCUT2D eigenvalue weighted by atomic mass is 32.2. The predicted molar refractivity (Wildman–Crippen MR) is 59.2 cm³/mol. The van der Waals surface area contributed by atoms with Gasteiger partial charge in [-0.3, -0.25) is 4.98 Å². The lowest BCUT2D eigenvalue weighted by Gasteiger charge is -2.00. The number of benzene rings is 1. The summed E-state index contributed by atoms with van der Waals surface area (Å²) in [4.78, 5) is 5.23. The molecule has 0 aliphatic heterocycles. The smallest absolute Gasteiger partial charge is 0.118 e. The average Bonchev–Trinajstić information content (AvgIpc) is 2.72. The van der Waals surface area contributed by atoms with Crippen LogP contribution in [-0.4, -0.2) is 12.1 Å². The van der Waals surface area contributed by atoms with Gasteiger partial charge in [0.1, 0.15) is 5.75 Å². The molecule has 0 fully saturated rings. The lowest BCUT2D eigenvalue weighted by Crippen LogP contribution is -1.80. The Balaban J connectivity index is 2.10. The SMILES string of the molecule is COc1ccc(Sc2cncs2)cc1. The van der Waals surface area contributed by atoms with Crippen LogP contribution in [-0.2, 0) is 0 Å². The molecule has 0 saturated carbocycles. The maximum absolute atomic E-state index is 5.09. The molecular formula is C10H9NOS2. The van der Waals surface area contributed by atoms with Gasteiger partial charge in [0.2, 0.25) is 0 Å². The van der Waals surface area contributed by atoms with Gasteiger partial charge < -0.3 is 4.74 Å². The van der Waals surface area contributed by atoms with Crippen LogP contribution in [0.25, 0.3) is 0 Å². The summed E-state index contributed by atoms with van der Waals surface area (Å²) < 4.78 is 6.29. The molecule has 0 atom stereocenters. The van der Waals surface area contributed by atoms with Crippen molar-refractivity contribution in [2.75, 3.05) is 7.11 Å². The van der Waals surface area contributed by atoms with Crippen molar-refractivity contribution in [2.24, 2.45) is 0 Å². The van der Waals surface area contributed by atoms with Crippen LogP contribution in [0.1, 0.15) is 0 Å². The molecule has 0 radical (unpaired) electrons. The van der Waals surface area contributed by atoms with E-state index in [1.165, 1.54) is 9.10 Å². The minimum Gasteiger partial charge on any atom is -0.497 e. The molecule has 0 spiro atoms. The maximum atomic E-state index is 5.09. The van der Waals surface area contributed by atoms with Crippen molar-refractivity contribution >= 4 is 23.1 Å². The zero-order valence-corrected chi connectivity index (χ0v) is 9.27. The van der Waals surface area contributed by atoms with Crippen molar-refractivity contribution in [3.8, 4) is 5.75 Å². The molecule has 0 aliphatic carbocycles. The third kappa shape index (κ3) is 2.27. The summed E-state index contributed by atoms with van der Waals surface area (Å²) in [6, 6.07) is 8.01. The van der Waals surface area contributed by atoms with Gasteiger partial charge in [-0.05, 0) is 24.3 Å². The zero-order valence-electron chi connectivity index (χ0n) is 7.64. The van der Waals surface area contributed by atoms with E-state index in [2.05, 4.69) is 4.98 Å². The van der Waals surface area contributed by atoms with Crippen LogP contribution >= 0.6 is 23.1 Å². The fourth-order valence-electron chi connectivity index (χ4n) is 1.01. The zero-order chi connectivity index (χ0) is 9.80. The topological polar surface area (TPSA) is 22.1 Å². The first-order valence-electron chi connectivity index (χ1n) is 4.09. The summed E-state index contributed by atoms with van der Waals surface area (Å²) in [6.45, 7) is 0. The van der Waals surface area contributed by atoms with E-state index in [0.29, 0.717) is 0 Å². The van der Waals surface area contributed by atoms with Gasteiger partial charge in [-0.15, -0.1) is 11.3 Å². The molecule has 1 heterocycles. The van der Waals surface area contributed by atoms with Crippen molar-refractivity contribution in [3.63, 3.8) is 0 Å². The summed E-state index contributed by atoms with van der Waals surface area (Å²) in [5.74, 6) is 0.888. The molecule has 1 aromatic carbocycles. The van der Waals surface area contributed by atoms with Gasteiger partial charge in [0.25, 0.3) is 0 Å². The van der Waals surface area contributed by atoms with Gasteiger partial charge in [-0.2, -0.15) is 0 Å². The van der Waals surface area contributed by atoms with E-state index in [9.17, 15) is 0 Å². The number of hydrogen-bond donors (Lipinski definition) is 0. The molecule has 0 unspecified atom stereocenters. The fourth-order valence-corrected chi connectivity index (χ4v) is 2.59. The van der Waals surface area contributed by atoms with Crippen molar-refractivity contribution in [2.45, 2.75) is 9.10 Å². The van der Waals surface area contributed by atoms with E-state index in [1.54, 1.807) is 30.2 Å². The molecule has 4 heteroatoms. The molecule has 0 bridgehead atoms. The first-order chi connectivity index (χ1) is 6.88. The number of aromatic nitrogens is 1. The summed E-state index contributed by atoms with van der Waals surface area (Å²) in [5, 5.41) is 0. The van der Waals surface area contributed by atoms with Crippen LogP contribution in [0.3, 0.4) is 0 Å². The molecule has 0 amide bonds. The number of nitrogens with zero attached hydrogens (tertiary/aromatic N) is 1. The average molecular weight is 223 g/mol. The molecular weight excluding hydrogens is 214 g/mol. The highest BCUT2D eigenvalue weighted by Crippen LogP contribution is 2.30. The minimum atomic E-state index is 0.888. The van der Waals surface area contributed by atoms with Crippen molar-refractivity contribution in [1.29, 1.82) is 0 Å². The van der Waals surface area contributed by atoms with Gasteiger partial charge in [0, 0.05) is 4.90 Å². The minimum absolute atomic E-state index is 0.888. The summed E-state index contributed by atoms with van der Waals surface area (Å²) in [5.41, 5.74) is 1.84. The van der Waals surface area contributed by atoms with Gasteiger partial charge in [0.05, 0.1) is 23.0 Å². The van der Waals surface area contributed by atoms with E-state index in [4.69, 9.17) is 4.74 Å². The monoisotopic (exact) mass is 223 g/mol. The highest BCUT2D eigenvalue weighted by Gasteiger charge is 1.98. The predicted octanol–water partition coefficient (Wildman–Crippen LogP) is 3.30. The number of hydrogen-bond acceptors (Lipinski definition) is 4. The second-order valence-electron chi connectivity index (χ2n) is 2.60. The maximum Gasteiger partial charge on any atom is 0.118 e. The van der Waals surface area contributed by atoms with Crippen molar-refractivity contribution in [3.05, 3.63) is 36.0 Å². The Morgan fingerprint density at radius 3 is 2.64 bits per heavy atom. The lowest BCUT2D eigenvalue weighted by atomic mass is 10.3. The van der Waals surface area contributed by atoms with Gasteiger partial charge in [0.15, 0.2) is 0 Å². The Morgan fingerprint density at radius 1 is 1.29 bits per heavy atom. The number of rotatable bonds is 3. The first-order valence-corrected chi connectivity index (χ1v) is 5.78. The Kier molecular flexibility index (Phi) is 3.06. The second-order valence-corrected chi connectivity index (χ2v) is 4.86. The van der Waals surface area contributed by atoms with E-state index >= 15 is 0 Å². The molecule has 0 saturated heterocycles. The largest absolute Gasteiger partial charge is 0.497 e. The molecule has 2 rings (SSSR count). The molecule has 0 N–H and O–H groups in total. The fraction of sp³-hybridized carbons (Fsp3) is 0.100. The molecule has 72 valence electrons. The van der Waals surface area contributed by atoms with Crippen LogP contribution in [0.4, 0.5) is 0 Å². The van der Waals surface area contributed by atoms with E-state index in [0.717, 1.165) is 5.75 Å². The molecule has 0 aliphatic rings. The molecule has 1 aromatic heterocycles. The molecule has 2 nitrogen and oxygen atoms in total.